The predicted octanol–water partition coefficient (Wildman–Crippen LogP) is 1.60. The van der Waals surface area contributed by atoms with E-state index in [2.05, 4.69) is 31.4 Å². The van der Waals surface area contributed by atoms with Crippen molar-refractivity contribution in [3.05, 3.63) is 28.8 Å². The largest absolute Gasteiger partial charge is 0.444 e. The Hall–Kier alpha value is -1.76. The molecule has 2 heterocycles. The molecule has 2 rings (SSSR count). The van der Waals surface area contributed by atoms with E-state index in [1.807, 2.05) is 0 Å². The Bertz CT molecular complexity index is 490. The fraction of sp³-hybridized carbons (Fsp3) is 0. The molecule has 0 radical (unpaired) electrons. The minimum Gasteiger partial charge on any atom is -0.444 e. The van der Waals surface area contributed by atoms with Crippen LogP contribution >= 0.6 is 15.9 Å². The SMILES string of the molecule is Nc1cn[nH]c1NC(=O)c1ccc(Br)o1. The first-order valence-electron chi connectivity index (χ1n) is 4.02. The number of hydrogen-bond donors (Lipinski definition) is 3. The van der Waals surface area contributed by atoms with Crippen molar-refractivity contribution in [1.82, 2.24) is 10.2 Å². The molecule has 0 aliphatic carbocycles. The van der Waals surface area contributed by atoms with E-state index < -0.39 is 5.91 Å². The topological polar surface area (TPSA) is 96.9 Å². The van der Waals surface area contributed by atoms with Crippen LogP contribution < -0.4 is 11.1 Å². The van der Waals surface area contributed by atoms with Crippen LogP contribution in [0.5, 0.6) is 0 Å². The number of nitrogen functional groups attached to an aromatic ring is 1. The zero-order valence-corrected chi connectivity index (χ0v) is 9.04. The van der Waals surface area contributed by atoms with Crippen molar-refractivity contribution in [3.63, 3.8) is 0 Å². The molecule has 0 bridgehead atoms. The molecule has 15 heavy (non-hydrogen) atoms. The number of nitrogens with one attached hydrogen (secondary N) is 2. The van der Waals surface area contributed by atoms with Crippen molar-refractivity contribution in [1.29, 1.82) is 0 Å². The molecule has 0 saturated carbocycles. The van der Waals surface area contributed by atoms with E-state index in [0.717, 1.165) is 0 Å². The number of amides is 1. The maximum atomic E-state index is 11.5. The van der Waals surface area contributed by atoms with Gasteiger partial charge in [0.2, 0.25) is 0 Å². The van der Waals surface area contributed by atoms with Crippen molar-refractivity contribution >= 4 is 33.3 Å². The van der Waals surface area contributed by atoms with Crippen molar-refractivity contribution in [2.75, 3.05) is 11.1 Å². The third-order valence-electron chi connectivity index (χ3n) is 1.70. The van der Waals surface area contributed by atoms with Crippen LogP contribution in [0.3, 0.4) is 0 Å². The van der Waals surface area contributed by atoms with Gasteiger partial charge < -0.3 is 15.5 Å². The molecule has 0 aliphatic rings. The first kappa shape index (κ1) is 9.78. The van der Waals surface area contributed by atoms with Crippen LogP contribution in [-0.2, 0) is 0 Å². The van der Waals surface area contributed by atoms with E-state index >= 15 is 0 Å². The van der Waals surface area contributed by atoms with Crippen molar-refractivity contribution in [2.24, 2.45) is 0 Å². The van der Waals surface area contributed by atoms with E-state index in [4.69, 9.17) is 10.2 Å². The van der Waals surface area contributed by atoms with Gasteiger partial charge in [-0.25, -0.2) is 0 Å². The molecule has 1 amide bonds. The van der Waals surface area contributed by atoms with Crippen molar-refractivity contribution in [3.8, 4) is 0 Å². The Labute approximate surface area is 93.0 Å². The van der Waals surface area contributed by atoms with Crippen molar-refractivity contribution < 1.29 is 9.21 Å². The van der Waals surface area contributed by atoms with Crippen LogP contribution in [0.1, 0.15) is 10.6 Å². The minimum absolute atomic E-state index is 0.191. The predicted molar refractivity (Wildman–Crippen MR) is 57.4 cm³/mol. The Balaban J connectivity index is 2.14. The summed E-state index contributed by atoms with van der Waals surface area (Å²) in [6.07, 6.45) is 1.41. The van der Waals surface area contributed by atoms with Gasteiger partial charge in [0.1, 0.15) is 0 Å². The Kier molecular flexibility index (Phi) is 2.46. The average molecular weight is 271 g/mol. The van der Waals surface area contributed by atoms with Crippen LogP contribution in [0.25, 0.3) is 0 Å². The van der Waals surface area contributed by atoms with Gasteiger partial charge in [0.15, 0.2) is 16.2 Å². The van der Waals surface area contributed by atoms with Gasteiger partial charge in [0.05, 0.1) is 11.9 Å². The number of anilines is 2. The molecule has 0 aromatic carbocycles. The Morgan fingerprint density at radius 2 is 2.40 bits per heavy atom. The first-order chi connectivity index (χ1) is 7.16. The number of hydrogen-bond acceptors (Lipinski definition) is 4. The average Bonchev–Trinajstić information content (AvgIpc) is 2.77. The van der Waals surface area contributed by atoms with E-state index in [1.165, 1.54) is 6.20 Å². The van der Waals surface area contributed by atoms with Gasteiger partial charge >= 0.3 is 0 Å². The molecule has 0 saturated heterocycles. The first-order valence-corrected chi connectivity index (χ1v) is 4.81. The van der Waals surface area contributed by atoms with Gasteiger partial charge in [-0.15, -0.1) is 0 Å². The lowest BCUT2D eigenvalue weighted by Crippen LogP contribution is -2.12. The molecule has 0 aliphatic heterocycles. The molecule has 0 atom stereocenters. The fourth-order valence-corrected chi connectivity index (χ4v) is 1.31. The highest BCUT2D eigenvalue weighted by Crippen LogP contribution is 2.17. The molecule has 4 N–H and O–H groups in total. The highest BCUT2D eigenvalue weighted by atomic mass is 79.9. The molecular formula is C8H7BrN4O2. The molecule has 0 unspecified atom stereocenters. The van der Waals surface area contributed by atoms with Crippen LogP contribution in [0, 0.1) is 0 Å². The maximum absolute atomic E-state index is 11.5. The lowest BCUT2D eigenvalue weighted by atomic mass is 10.4. The quantitative estimate of drug-likeness (QED) is 0.772. The standard InChI is InChI=1S/C8H7BrN4O2/c9-6-2-1-5(15-6)8(14)12-7-4(10)3-11-13-7/h1-3H,10H2,(H2,11,12,13,14). The Morgan fingerprint density at radius 3 is 2.93 bits per heavy atom. The van der Waals surface area contributed by atoms with E-state index in [9.17, 15) is 4.79 Å². The lowest BCUT2D eigenvalue weighted by molar-refractivity contribution is 0.0995. The maximum Gasteiger partial charge on any atom is 0.292 e. The third kappa shape index (κ3) is 2.01. The summed E-state index contributed by atoms with van der Waals surface area (Å²) in [5.41, 5.74) is 5.89. The van der Waals surface area contributed by atoms with E-state index in [1.54, 1.807) is 12.1 Å². The van der Waals surface area contributed by atoms with Gasteiger partial charge in [-0.2, -0.15) is 5.10 Å². The second kappa shape index (κ2) is 3.77. The molecule has 7 heteroatoms. The highest BCUT2D eigenvalue weighted by molar-refractivity contribution is 9.10. The number of carbonyl (C=O) groups excluding carboxylic acids is 1. The molecule has 2 aromatic rings. The van der Waals surface area contributed by atoms with Crippen molar-refractivity contribution in [2.45, 2.75) is 0 Å². The van der Waals surface area contributed by atoms with Gasteiger partial charge in [0, 0.05) is 0 Å². The molecule has 0 fully saturated rings. The number of nitrogens with zero attached hydrogens (tertiary/aromatic N) is 1. The normalized spacial score (nSPS) is 10.2. The molecule has 78 valence electrons. The minimum atomic E-state index is -0.392. The summed E-state index contributed by atoms with van der Waals surface area (Å²) >= 11 is 3.10. The molecule has 0 spiro atoms. The van der Waals surface area contributed by atoms with Gasteiger partial charge in [0.25, 0.3) is 5.91 Å². The highest BCUT2D eigenvalue weighted by Gasteiger charge is 2.12. The summed E-state index contributed by atoms with van der Waals surface area (Å²) in [6, 6.07) is 3.18. The third-order valence-corrected chi connectivity index (χ3v) is 2.13. The van der Waals surface area contributed by atoms with Gasteiger partial charge in [-0.1, -0.05) is 0 Å². The van der Waals surface area contributed by atoms with E-state index in [-0.39, 0.29) is 5.76 Å². The second-order valence-corrected chi connectivity index (χ2v) is 3.54. The number of rotatable bonds is 2. The number of furan rings is 1. The summed E-state index contributed by atoms with van der Waals surface area (Å²) in [7, 11) is 0. The summed E-state index contributed by atoms with van der Waals surface area (Å²) in [6.45, 7) is 0. The van der Waals surface area contributed by atoms with Crippen LogP contribution in [0.2, 0.25) is 0 Å². The van der Waals surface area contributed by atoms with E-state index in [0.29, 0.717) is 16.2 Å². The smallest absolute Gasteiger partial charge is 0.292 e. The number of H-pyrrole nitrogens is 1. The molecule has 6 nitrogen and oxygen atoms in total. The lowest BCUT2D eigenvalue weighted by Gasteiger charge is -1.99. The summed E-state index contributed by atoms with van der Waals surface area (Å²) in [4.78, 5) is 11.5. The second-order valence-electron chi connectivity index (χ2n) is 2.76. The fourth-order valence-electron chi connectivity index (χ4n) is 1.01. The Morgan fingerprint density at radius 1 is 1.60 bits per heavy atom. The summed E-state index contributed by atoms with van der Waals surface area (Å²) < 4.78 is 5.55. The number of nitrogens with two attached hydrogens (primary N) is 1. The van der Waals surface area contributed by atoms with Crippen LogP contribution in [0.4, 0.5) is 11.5 Å². The number of aromatic nitrogens is 2. The monoisotopic (exact) mass is 270 g/mol. The molecule has 2 aromatic heterocycles. The van der Waals surface area contributed by atoms with Crippen LogP contribution in [0.15, 0.2) is 27.4 Å². The number of aromatic amines is 1. The number of carbonyl (C=O) groups is 1. The van der Waals surface area contributed by atoms with Crippen LogP contribution in [-0.4, -0.2) is 16.1 Å². The van der Waals surface area contributed by atoms with Gasteiger partial charge in [-0.05, 0) is 28.1 Å². The summed E-state index contributed by atoms with van der Waals surface area (Å²) in [5, 5.41) is 8.74. The number of halogens is 1. The molecular weight excluding hydrogens is 264 g/mol. The summed E-state index contributed by atoms with van der Waals surface area (Å²) in [5.74, 6) is 0.153. The van der Waals surface area contributed by atoms with Gasteiger partial charge in [-0.3, -0.25) is 9.89 Å². The zero-order chi connectivity index (χ0) is 10.8. The zero-order valence-electron chi connectivity index (χ0n) is 7.45.